The molecule has 2 aromatic carbocycles. The zero-order chi connectivity index (χ0) is 27.7. The van der Waals surface area contributed by atoms with Crippen molar-refractivity contribution in [2.24, 2.45) is 0 Å². The lowest BCUT2D eigenvalue weighted by Crippen LogP contribution is -2.25. The van der Waals surface area contributed by atoms with E-state index in [1.165, 1.54) is 23.9 Å². The van der Waals surface area contributed by atoms with E-state index >= 15 is 0 Å². The maximum atomic E-state index is 13.9. The van der Waals surface area contributed by atoms with Gasteiger partial charge in [0.05, 0.1) is 19.2 Å². The van der Waals surface area contributed by atoms with Gasteiger partial charge in [-0.05, 0) is 42.3 Å². The lowest BCUT2D eigenvalue weighted by Gasteiger charge is -2.21. The van der Waals surface area contributed by atoms with Gasteiger partial charge in [0.25, 0.3) is 0 Å². The molecule has 3 aromatic rings. The average Bonchev–Trinajstić information content (AvgIpc) is 3.42. The number of carbonyl (C=O) groups is 1. The highest BCUT2D eigenvalue weighted by molar-refractivity contribution is 5.89. The molecule has 0 fully saturated rings. The van der Waals surface area contributed by atoms with Crippen LogP contribution in [0, 0.1) is 0 Å². The van der Waals surface area contributed by atoms with Crippen molar-refractivity contribution in [3.63, 3.8) is 0 Å². The van der Waals surface area contributed by atoms with Crippen LogP contribution in [-0.2, 0) is 30.5 Å². The summed E-state index contributed by atoms with van der Waals surface area (Å²) in [6.07, 6.45) is -9.50. The van der Waals surface area contributed by atoms with Crippen molar-refractivity contribution in [3.8, 4) is 5.75 Å². The molecule has 1 aliphatic rings. The summed E-state index contributed by atoms with van der Waals surface area (Å²) in [5.41, 5.74) is 0.691. The van der Waals surface area contributed by atoms with Crippen molar-refractivity contribution in [1.29, 1.82) is 0 Å². The minimum Gasteiger partial charge on any atom is -0.465 e. The standard InChI is InChI=1S/C25H24F6N4O3/c1-15(17-5-7-18(8-6-17)23(36)37-2)32-13-20-21(24(26,27)28)33-35-12-11-34(22(20)35)14-16-3-9-19(10-4-16)38-25(29,30)31/h3-10,15,32H,11-14H2,1-2H3/t15-/m0/s1. The number of esters is 1. The number of carbonyl (C=O) groups excluding carboxylic acids is 1. The number of anilines is 1. The number of nitrogens with one attached hydrogen (secondary N) is 1. The van der Waals surface area contributed by atoms with Crippen LogP contribution >= 0.6 is 0 Å². The molecule has 4 rings (SSSR count). The highest BCUT2D eigenvalue weighted by Gasteiger charge is 2.41. The van der Waals surface area contributed by atoms with Crippen molar-refractivity contribution in [3.05, 3.63) is 76.5 Å². The molecule has 0 aliphatic carbocycles. The van der Waals surface area contributed by atoms with Gasteiger partial charge in [0, 0.05) is 31.2 Å². The second kappa shape index (κ2) is 10.6. The first-order chi connectivity index (χ1) is 17.9. The summed E-state index contributed by atoms with van der Waals surface area (Å²) in [5.74, 6) is -0.579. The van der Waals surface area contributed by atoms with Gasteiger partial charge >= 0.3 is 18.5 Å². The van der Waals surface area contributed by atoms with Gasteiger partial charge in [-0.2, -0.15) is 18.3 Å². The predicted octanol–water partition coefficient (Wildman–Crippen LogP) is 5.46. The zero-order valence-corrected chi connectivity index (χ0v) is 20.4. The molecule has 0 amide bonds. The number of fused-ring (bicyclic) bond motifs is 1. The minimum absolute atomic E-state index is 0.0231. The summed E-state index contributed by atoms with van der Waals surface area (Å²) in [4.78, 5) is 13.4. The molecule has 38 heavy (non-hydrogen) atoms. The quantitative estimate of drug-likeness (QED) is 0.301. The topological polar surface area (TPSA) is 68.6 Å². The number of benzene rings is 2. The van der Waals surface area contributed by atoms with E-state index < -0.39 is 24.2 Å². The number of hydrogen-bond acceptors (Lipinski definition) is 6. The lowest BCUT2D eigenvalue weighted by molar-refractivity contribution is -0.274. The summed E-state index contributed by atoms with van der Waals surface area (Å²) in [5, 5.41) is 6.91. The second-order valence-corrected chi connectivity index (χ2v) is 8.70. The van der Waals surface area contributed by atoms with Gasteiger partial charge in [-0.1, -0.05) is 24.3 Å². The van der Waals surface area contributed by atoms with Gasteiger partial charge in [-0.3, -0.25) is 0 Å². The highest BCUT2D eigenvalue weighted by Crippen LogP contribution is 2.39. The maximum absolute atomic E-state index is 13.9. The molecule has 7 nitrogen and oxygen atoms in total. The van der Waals surface area contributed by atoms with Crippen molar-refractivity contribution in [2.75, 3.05) is 18.6 Å². The smallest absolute Gasteiger partial charge is 0.465 e. The molecule has 1 atom stereocenters. The van der Waals surface area contributed by atoms with Crippen molar-refractivity contribution < 1.29 is 40.6 Å². The third-order valence-corrected chi connectivity index (χ3v) is 6.12. The number of methoxy groups -OCH3 is 1. The normalized spacial score (nSPS) is 14.4. The van der Waals surface area contributed by atoms with Gasteiger partial charge in [0.15, 0.2) is 5.69 Å². The van der Waals surface area contributed by atoms with Gasteiger partial charge in [-0.15, -0.1) is 13.2 Å². The first-order valence-electron chi connectivity index (χ1n) is 11.5. The molecule has 1 aliphatic heterocycles. The first kappa shape index (κ1) is 27.3. The molecule has 0 bridgehead atoms. The Morgan fingerprint density at radius 1 is 1.03 bits per heavy atom. The Hall–Kier alpha value is -3.74. The summed E-state index contributed by atoms with van der Waals surface area (Å²) in [6.45, 7) is 2.44. The Kier molecular flexibility index (Phi) is 7.58. The molecule has 13 heteroatoms. The van der Waals surface area contributed by atoms with E-state index in [2.05, 4.69) is 19.9 Å². The molecule has 0 spiro atoms. The van der Waals surface area contributed by atoms with Gasteiger partial charge in [-0.25, -0.2) is 9.48 Å². The number of hydrogen-bond donors (Lipinski definition) is 1. The molecule has 2 heterocycles. The summed E-state index contributed by atoms with van der Waals surface area (Å²) in [6, 6.07) is 11.4. The predicted molar refractivity (Wildman–Crippen MR) is 124 cm³/mol. The Morgan fingerprint density at radius 2 is 1.68 bits per heavy atom. The molecule has 1 aromatic heterocycles. The molecular formula is C25H24F6N4O3. The number of alkyl halides is 6. The van der Waals surface area contributed by atoms with Crippen molar-refractivity contribution in [1.82, 2.24) is 15.1 Å². The van der Waals surface area contributed by atoms with Crippen LogP contribution in [0.3, 0.4) is 0 Å². The summed E-state index contributed by atoms with van der Waals surface area (Å²) in [7, 11) is 1.27. The molecule has 0 radical (unpaired) electrons. The van der Waals surface area contributed by atoms with E-state index in [4.69, 9.17) is 0 Å². The number of aromatic nitrogens is 2. The fourth-order valence-electron chi connectivity index (χ4n) is 4.28. The summed E-state index contributed by atoms with van der Waals surface area (Å²) < 4.78 is 88.7. The van der Waals surface area contributed by atoms with Crippen LogP contribution in [0.1, 0.15) is 45.7 Å². The first-order valence-corrected chi connectivity index (χ1v) is 11.5. The Labute approximate surface area is 213 Å². The number of ether oxygens (including phenoxy) is 2. The van der Waals surface area contributed by atoms with Crippen LogP contribution in [0.25, 0.3) is 0 Å². The largest absolute Gasteiger partial charge is 0.573 e. The summed E-state index contributed by atoms with van der Waals surface area (Å²) >= 11 is 0. The zero-order valence-electron chi connectivity index (χ0n) is 20.4. The minimum atomic E-state index is -4.82. The molecule has 0 unspecified atom stereocenters. The Bertz CT molecular complexity index is 1270. The Balaban J connectivity index is 1.53. The van der Waals surface area contributed by atoms with E-state index in [1.54, 1.807) is 36.1 Å². The van der Waals surface area contributed by atoms with Crippen molar-refractivity contribution in [2.45, 2.75) is 45.1 Å². The number of rotatable bonds is 8. The maximum Gasteiger partial charge on any atom is 0.573 e. The van der Waals surface area contributed by atoms with Crippen LogP contribution < -0.4 is 15.0 Å². The Morgan fingerprint density at radius 3 is 2.26 bits per heavy atom. The van der Waals surface area contributed by atoms with E-state index in [0.29, 0.717) is 23.5 Å². The van der Waals surface area contributed by atoms with Crippen molar-refractivity contribution >= 4 is 11.8 Å². The van der Waals surface area contributed by atoms with E-state index in [1.807, 2.05) is 0 Å². The molecule has 0 saturated heterocycles. The number of halogens is 6. The van der Waals surface area contributed by atoms with Gasteiger partial charge < -0.3 is 19.7 Å². The van der Waals surface area contributed by atoms with E-state index in [0.717, 1.165) is 17.7 Å². The SMILES string of the molecule is COC(=O)c1ccc([C@H](C)NCc2c(C(F)(F)F)nn3c2N(Cc2ccc(OC(F)(F)F)cc2)CC3)cc1. The number of nitrogens with zero attached hydrogens (tertiary/aromatic N) is 3. The van der Waals surface area contributed by atoms with E-state index in [9.17, 15) is 31.1 Å². The molecule has 204 valence electrons. The monoisotopic (exact) mass is 542 g/mol. The van der Waals surface area contributed by atoms with Crippen LogP contribution in [0.4, 0.5) is 32.2 Å². The van der Waals surface area contributed by atoms with E-state index in [-0.39, 0.29) is 37.0 Å². The molecule has 1 N–H and O–H groups in total. The van der Waals surface area contributed by atoms with Gasteiger partial charge in [0.1, 0.15) is 11.6 Å². The van der Waals surface area contributed by atoms with Crippen LogP contribution in [0.5, 0.6) is 5.75 Å². The third kappa shape index (κ3) is 6.21. The lowest BCUT2D eigenvalue weighted by atomic mass is 10.1. The van der Waals surface area contributed by atoms with Crippen LogP contribution in [0.2, 0.25) is 0 Å². The average molecular weight is 542 g/mol. The van der Waals surface area contributed by atoms with Crippen LogP contribution in [-0.4, -0.2) is 35.8 Å². The van der Waals surface area contributed by atoms with Crippen LogP contribution in [0.15, 0.2) is 48.5 Å². The third-order valence-electron chi connectivity index (χ3n) is 6.12. The molecular weight excluding hydrogens is 518 g/mol. The fraction of sp³-hybridized carbons (Fsp3) is 0.360. The van der Waals surface area contributed by atoms with Gasteiger partial charge in [0.2, 0.25) is 0 Å². The molecule has 0 saturated carbocycles. The second-order valence-electron chi connectivity index (χ2n) is 8.70. The highest BCUT2D eigenvalue weighted by atomic mass is 19.4. The fourth-order valence-corrected chi connectivity index (χ4v) is 4.28.